The normalized spacial score (nSPS) is 30.5. The summed E-state index contributed by atoms with van der Waals surface area (Å²) in [6.45, 7) is 9.73. The monoisotopic (exact) mass is 349 g/mol. The highest BCUT2D eigenvalue weighted by atomic mass is 16.5. The van der Waals surface area contributed by atoms with Gasteiger partial charge in [-0.2, -0.15) is 0 Å². The number of carbonyl (C=O) groups is 1. The number of aromatic nitrogens is 1. The van der Waals surface area contributed by atoms with Gasteiger partial charge in [-0.3, -0.25) is 9.69 Å². The van der Waals surface area contributed by atoms with Crippen molar-refractivity contribution in [3.8, 4) is 0 Å². The average molecular weight is 349 g/mol. The van der Waals surface area contributed by atoms with Crippen LogP contribution >= 0.6 is 0 Å². The lowest BCUT2D eigenvalue weighted by Crippen LogP contribution is -2.59. The minimum Gasteiger partial charge on any atom is -0.378 e. The first-order valence-electron chi connectivity index (χ1n) is 9.23. The number of piperidine rings is 1. The molecule has 4 rings (SSSR count). The van der Waals surface area contributed by atoms with Crippen LogP contribution in [0.1, 0.15) is 29.9 Å². The fourth-order valence-electron chi connectivity index (χ4n) is 4.50. The molecule has 0 unspecified atom stereocenters. The number of amides is 1. The molecule has 3 aliphatic heterocycles. The molecule has 138 valence electrons. The summed E-state index contributed by atoms with van der Waals surface area (Å²) in [5.41, 5.74) is 1.68. The number of carbonyl (C=O) groups excluding carboxylic acids is 1. The highest BCUT2D eigenvalue weighted by molar-refractivity contribution is 5.84. The van der Waals surface area contributed by atoms with E-state index in [1.54, 1.807) is 0 Å². The molecule has 1 aromatic heterocycles. The van der Waals surface area contributed by atoms with Crippen LogP contribution in [0.15, 0.2) is 4.52 Å². The van der Waals surface area contributed by atoms with Crippen LogP contribution in [-0.2, 0) is 20.8 Å². The second kappa shape index (κ2) is 6.70. The fraction of sp³-hybridized carbons (Fsp3) is 0.778. The quantitative estimate of drug-likeness (QED) is 0.815. The summed E-state index contributed by atoms with van der Waals surface area (Å²) in [7, 11) is 0. The first kappa shape index (κ1) is 17.0. The van der Waals surface area contributed by atoms with E-state index < -0.39 is 5.41 Å². The number of hydrogen-bond acceptors (Lipinski definition) is 6. The van der Waals surface area contributed by atoms with Crippen LogP contribution in [0.2, 0.25) is 0 Å². The largest absolute Gasteiger partial charge is 0.378 e. The Morgan fingerprint density at radius 2 is 2.04 bits per heavy atom. The molecule has 0 spiro atoms. The lowest BCUT2D eigenvalue weighted by molar-refractivity contribution is -0.154. The maximum Gasteiger partial charge on any atom is 0.232 e. The Kier molecular flexibility index (Phi) is 4.56. The smallest absolute Gasteiger partial charge is 0.232 e. The van der Waals surface area contributed by atoms with Crippen molar-refractivity contribution in [1.29, 1.82) is 0 Å². The Morgan fingerprint density at radius 1 is 1.24 bits per heavy atom. The molecule has 3 aliphatic rings. The molecular formula is C18H27N3O4. The first-order valence-corrected chi connectivity index (χ1v) is 9.23. The van der Waals surface area contributed by atoms with E-state index in [9.17, 15) is 4.79 Å². The lowest BCUT2D eigenvalue weighted by Gasteiger charge is -2.45. The van der Waals surface area contributed by atoms with Crippen molar-refractivity contribution in [1.82, 2.24) is 15.0 Å². The Hall–Kier alpha value is -1.44. The number of nitrogens with zero attached hydrogens (tertiary/aromatic N) is 3. The van der Waals surface area contributed by atoms with Gasteiger partial charge in [0.25, 0.3) is 0 Å². The number of hydrogen-bond donors (Lipinski definition) is 0. The van der Waals surface area contributed by atoms with Gasteiger partial charge in [-0.25, -0.2) is 0 Å². The second-order valence-electron chi connectivity index (χ2n) is 7.47. The number of fused-ring (bicyclic) bond motifs is 1. The second-order valence-corrected chi connectivity index (χ2v) is 7.47. The Bertz CT molecular complexity index is 621. The minimum absolute atomic E-state index is 0.0452. The SMILES string of the molecule is Cc1noc(C)c1CN1CC[C@H]2OCC[C@@]2(C(=O)N2CCOCC2)C1. The summed E-state index contributed by atoms with van der Waals surface area (Å²) >= 11 is 0. The minimum atomic E-state index is -0.408. The molecular weight excluding hydrogens is 322 g/mol. The third-order valence-electron chi connectivity index (χ3n) is 5.98. The Balaban J connectivity index is 1.53. The van der Waals surface area contributed by atoms with E-state index in [4.69, 9.17) is 14.0 Å². The zero-order valence-electron chi connectivity index (χ0n) is 15.1. The Labute approximate surface area is 148 Å². The predicted octanol–water partition coefficient (Wildman–Crippen LogP) is 1.13. The van der Waals surface area contributed by atoms with E-state index in [0.29, 0.717) is 32.9 Å². The zero-order chi connectivity index (χ0) is 17.4. The molecule has 0 N–H and O–H groups in total. The van der Waals surface area contributed by atoms with E-state index in [1.165, 1.54) is 0 Å². The van der Waals surface area contributed by atoms with Crippen LogP contribution in [0.3, 0.4) is 0 Å². The molecule has 0 bridgehead atoms. The van der Waals surface area contributed by atoms with Gasteiger partial charge < -0.3 is 18.9 Å². The molecule has 0 saturated carbocycles. The van der Waals surface area contributed by atoms with Gasteiger partial charge in [-0.15, -0.1) is 0 Å². The Morgan fingerprint density at radius 3 is 2.76 bits per heavy atom. The molecule has 1 aromatic rings. The van der Waals surface area contributed by atoms with Gasteiger partial charge in [0.2, 0.25) is 5.91 Å². The lowest BCUT2D eigenvalue weighted by atomic mass is 9.75. The van der Waals surface area contributed by atoms with E-state index in [1.807, 2.05) is 18.7 Å². The maximum atomic E-state index is 13.4. The van der Waals surface area contributed by atoms with Crippen molar-refractivity contribution < 1.29 is 18.8 Å². The maximum absolute atomic E-state index is 13.4. The molecule has 0 aromatic carbocycles. The van der Waals surface area contributed by atoms with E-state index in [0.717, 1.165) is 49.5 Å². The van der Waals surface area contributed by atoms with Crippen molar-refractivity contribution in [3.05, 3.63) is 17.0 Å². The van der Waals surface area contributed by atoms with Crippen LogP contribution in [0.25, 0.3) is 0 Å². The molecule has 0 aliphatic carbocycles. The highest BCUT2D eigenvalue weighted by Crippen LogP contribution is 2.43. The third kappa shape index (κ3) is 2.98. The van der Waals surface area contributed by atoms with E-state index in [-0.39, 0.29) is 12.0 Å². The summed E-state index contributed by atoms with van der Waals surface area (Å²) in [6.07, 6.45) is 1.76. The average Bonchev–Trinajstić information content (AvgIpc) is 3.20. The van der Waals surface area contributed by atoms with Crippen molar-refractivity contribution >= 4 is 5.91 Å². The predicted molar refractivity (Wildman–Crippen MR) is 90.1 cm³/mol. The number of morpholine rings is 1. The van der Waals surface area contributed by atoms with Gasteiger partial charge in [0, 0.05) is 44.9 Å². The fourth-order valence-corrected chi connectivity index (χ4v) is 4.50. The molecule has 3 saturated heterocycles. The summed E-state index contributed by atoms with van der Waals surface area (Å²) < 4.78 is 16.7. The van der Waals surface area contributed by atoms with Gasteiger partial charge in [-0.1, -0.05) is 5.16 Å². The first-order chi connectivity index (χ1) is 12.1. The van der Waals surface area contributed by atoms with Crippen LogP contribution < -0.4 is 0 Å². The van der Waals surface area contributed by atoms with Crippen molar-refractivity contribution in [2.75, 3.05) is 46.0 Å². The molecule has 3 fully saturated rings. The van der Waals surface area contributed by atoms with Crippen LogP contribution in [0.4, 0.5) is 0 Å². The van der Waals surface area contributed by atoms with Gasteiger partial charge in [-0.05, 0) is 26.7 Å². The summed E-state index contributed by atoms with van der Waals surface area (Å²) in [5, 5.41) is 4.06. The van der Waals surface area contributed by atoms with E-state index in [2.05, 4.69) is 10.1 Å². The topological polar surface area (TPSA) is 68.0 Å². The summed E-state index contributed by atoms with van der Waals surface area (Å²) in [6, 6.07) is 0. The molecule has 2 atom stereocenters. The number of likely N-dealkylation sites (tertiary alicyclic amines) is 1. The van der Waals surface area contributed by atoms with Crippen LogP contribution in [0, 0.1) is 19.3 Å². The van der Waals surface area contributed by atoms with E-state index >= 15 is 0 Å². The van der Waals surface area contributed by atoms with Crippen molar-refractivity contribution in [2.45, 2.75) is 39.3 Å². The molecule has 0 radical (unpaired) electrons. The van der Waals surface area contributed by atoms with Crippen molar-refractivity contribution in [3.63, 3.8) is 0 Å². The standard InChI is InChI=1S/C18H27N3O4/c1-13-15(14(2)25-19-13)11-20-5-3-16-18(12-20,4-8-24-16)17(22)21-6-9-23-10-7-21/h16H,3-12H2,1-2H3/t16-,18-/m1/s1. The molecule has 4 heterocycles. The number of rotatable bonds is 3. The molecule has 7 heteroatoms. The van der Waals surface area contributed by atoms with Crippen LogP contribution in [-0.4, -0.2) is 73.0 Å². The van der Waals surface area contributed by atoms with Gasteiger partial charge >= 0.3 is 0 Å². The molecule has 25 heavy (non-hydrogen) atoms. The number of aryl methyl sites for hydroxylation is 2. The van der Waals surface area contributed by atoms with Gasteiger partial charge in [0.1, 0.15) is 5.76 Å². The summed E-state index contributed by atoms with van der Waals surface area (Å²) in [5.74, 6) is 1.12. The summed E-state index contributed by atoms with van der Waals surface area (Å²) in [4.78, 5) is 17.7. The van der Waals surface area contributed by atoms with Gasteiger partial charge in [0.05, 0.1) is 30.4 Å². The molecule has 7 nitrogen and oxygen atoms in total. The highest BCUT2D eigenvalue weighted by Gasteiger charge is 2.54. The van der Waals surface area contributed by atoms with Crippen molar-refractivity contribution in [2.24, 2.45) is 5.41 Å². The van der Waals surface area contributed by atoms with Crippen LogP contribution in [0.5, 0.6) is 0 Å². The third-order valence-corrected chi connectivity index (χ3v) is 5.98. The zero-order valence-corrected chi connectivity index (χ0v) is 15.1. The number of ether oxygens (including phenoxy) is 2. The van der Waals surface area contributed by atoms with Gasteiger partial charge in [0.15, 0.2) is 0 Å². The molecule has 1 amide bonds.